The van der Waals surface area contributed by atoms with Gasteiger partial charge in [0.05, 0.1) is 13.2 Å². The number of hydrogen-bond donors (Lipinski definition) is 1. The first-order chi connectivity index (χ1) is 8.76. The molecule has 1 aromatic heterocycles. The molecule has 0 bridgehead atoms. The molecule has 0 saturated carbocycles. The van der Waals surface area contributed by atoms with Crippen molar-refractivity contribution >= 4 is 0 Å². The van der Waals surface area contributed by atoms with Gasteiger partial charge in [-0.3, -0.25) is 0 Å². The first-order valence-corrected chi connectivity index (χ1v) is 5.68. The molecule has 0 saturated heterocycles. The van der Waals surface area contributed by atoms with Crippen molar-refractivity contribution in [3.63, 3.8) is 0 Å². The van der Waals surface area contributed by atoms with E-state index in [1.54, 1.807) is 25.4 Å². The summed E-state index contributed by atoms with van der Waals surface area (Å²) in [6, 6.07) is 10.1. The maximum atomic E-state index is 12.9. The van der Waals surface area contributed by atoms with Gasteiger partial charge in [-0.2, -0.15) is 0 Å². The zero-order valence-corrected chi connectivity index (χ0v) is 10.4. The molecule has 1 atom stereocenters. The van der Waals surface area contributed by atoms with Gasteiger partial charge in [0.1, 0.15) is 5.82 Å². The molecular weight excluding hydrogens is 231 g/mol. The zero-order chi connectivity index (χ0) is 13.0. The van der Waals surface area contributed by atoms with Crippen molar-refractivity contribution in [1.29, 1.82) is 0 Å². The number of benzene rings is 1. The van der Waals surface area contributed by atoms with Gasteiger partial charge in [0.25, 0.3) is 0 Å². The number of rotatable bonds is 4. The molecule has 0 aliphatic heterocycles. The summed E-state index contributed by atoms with van der Waals surface area (Å²) in [6.45, 7) is 0. The molecule has 2 rings (SSSR count). The van der Waals surface area contributed by atoms with Gasteiger partial charge < -0.3 is 10.1 Å². The molecule has 1 aromatic carbocycles. The van der Waals surface area contributed by atoms with Gasteiger partial charge in [-0.25, -0.2) is 9.37 Å². The average molecular weight is 246 g/mol. The number of aromatic nitrogens is 1. The van der Waals surface area contributed by atoms with Crippen LogP contribution < -0.4 is 10.1 Å². The van der Waals surface area contributed by atoms with Crippen LogP contribution in [-0.2, 0) is 0 Å². The fourth-order valence-electron chi connectivity index (χ4n) is 1.95. The Bertz CT molecular complexity index is 513. The number of pyridine rings is 1. The molecule has 94 valence electrons. The van der Waals surface area contributed by atoms with E-state index in [0.29, 0.717) is 5.88 Å². The molecule has 0 aliphatic rings. The van der Waals surface area contributed by atoms with Crippen molar-refractivity contribution in [3.05, 3.63) is 59.5 Å². The fourth-order valence-corrected chi connectivity index (χ4v) is 1.95. The molecule has 3 nitrogen and oxygen atoms in total. The van der Waals surface area contributed by atoms with Gasteiger partial charge in [-0.05, 0) is 30.8 Å². The highest BCUT2D eigenvalue weighted by Crippen LogP contribution is 2.27. The van der Waals surface area contributed by atoms with Crippen LogP contribution in [0.25, 0.3) is 0 Å². The molecular formula is C14H15FN2O. The third kappa shape index (κ3) is 2.49. The molecule has 4 heteroatoms. The van der Waals surface area contributed by atoms with Gasteiger partial charge >= 0.3 is 0 Å². The Kier molecular flexibility index (Phi) is 3.89. The molecule has 1 unspecified atom stereocenters. The summed E-state index contributed by atoms with van der Waals surface area (Å²) >= 11 is 0. The lowest BCUT2D eigenvalue weighted by molar-refractivity contribution is 0.388. The standard InChI is InChI=1S/C14H15FN2O/c1-16-13(10-5-7-11(15)8-6-10)12-4-3-9-17-14(12)18-2/h3-9,13,16H,1-2H3. The SMILES string of the molecule is CNC(c1ccc(F)cc1)c1cccnc1OC. The largest absolute Gasteiger partial charge is 0.481 e. The van der Waals surface area contributed by atoms with E-state index in [-0.39, 0.29) is 11.9 Å². The Balaban J connectivity index is 2.41. The molecule has 0 fully saturated rings. The van der Waals surface area contributed by atoms with Crippen molar-refractivity contribution < 1.29 is 9.13 Å². The molecule has 2 aromatic rings. The molecule has 1 heterocycles. The van der Waals surface area contributed by atoms with Crippen LogP contribution in [0.3, 0.4) is 0 Å². The second-order valence-corrected chi connectivity index (χ2v) is 3.88. The smallest absolute Gasteiger partial charge is 0.218 e. The van der Waals surface area contributed by atoms with Gasteiger partial charge in [0.2, 0.25) is 5.88 Å². The van der Waals surface area contributed by atoms with Gasteiger partial charge in [0.15, 0.2) is 0 Å². The van der Waals surface area contributed by atoms with Crippen molar-refractivity contribution in [2.24, 2.45) is 0 Å². The second kappa shape index (κ2) is 5.60. The van der Waals surface area contributed by atoms with E-state index in [0.717, 1.165) is 11.1 Å². The van der Waals surface area contributed by atoms with Crippen molar-refractivity contribution in [2.75, 3.05) is 14.2 Å². The molecule has 0 radical (unpaired) electrons. The Labute approximate surface area is 106 Å². The van der Waals surface area contributed by atoms with E-state index in [9.17, 15) is 4.39 Å². The first-order valence-electron chi connectivity index (χ1n) is 5.68. The first kappa shape index (κ1) is 12.5. The van der Waals surface area contributed by atoms with Crippen molar-refractivity contribution in [1.82, 2.24) is 10.3 Å². The van der Waals surface area contributed by atoms with Crippen LogP contribution in [0, 0.1) is 5.82 Å². The number of nitrogens with one attached hydrogen (secondary N) is 1. The summed E-state index contributed by atoms with van der Waals surface area (Å²) in [6.07, 6.45) is 1.68. The molecule has 18 heavy (non-hydrogen) atoms. The zero-order valence-electron chi connectivity index (χ0n) is 10.4. The van der Waals surface area contributed by atoms with E-state index in [2.05, 4.69) is 10.3 Å². The van der Waals surface area contributed by atoms with Gasteiger partial charge in [-0.1, -0.05) is 18.2 Å². The third-order valence-electron chi connectivity index (χ3n) is 2.80. The maximum absolute atomic E-state index is 12.9. The molecule has 1 N–H and O–H groups in total. The van der Waals surface area contributed by atoms with Crippen LogP contribution in [-0.4, -0.2) is 19.1 Å². The quantitative estimate of drug-likeness (QED) is 0.900. The topological polar surface area (TPSA) is 34.2 Å². The maximum Gasteiger partial charge on any atom is 0.218 e. The highest BCUT2D eigenvalue weighted by Gasteiger charge is 2.16. The minimum Gasteiger partial charge on any atom is -0.481 e. The van der Waals surface area contributed by atoms with E-state index in [4.69, 9.17) is 4.74 Å². The summed E-state index contributed by atoms with van der Waals surface area (Å²) in [7, 11) is 3.43. The van der Waals surface area contributed by atoms with Crippen molar-refractivity contribution in [3.8, 4) is 5.88 Å². The van der Waals surface area contributed by atoms with Gasteiger partial charge in [0, 0.05) is 11.8 Å². The van der Waals surface area contributed by atoms with E-state index >= 15 is 0 Å². The highest BCUT2D eigenvalue weighted by molar-refractivity contribution is 5.37. The predicted molar refractivity (Wildman–Crippen MR) is 68.1 cm³/mol. The number of halogens is 1. The number of hydrogen-bond acceptors (Lipinski definition) is 3. The number of methoxy groups -OCH3 is 1. The summed E-state index contributed by atoms with van der Waals surface area (Å²) in [5, 5.41) is 3.19. The summed E-state index contributed by atoms with van der Waals surface area (Å²) < 4.78 is 18.2. The van der Waals surface area contributed by atoms with E-state index < -0.39 is 0 Å². The summed E-state index contributed by atoms with van der Waals surface area (Å²) in [5.74, 6) is 0.327. The lowest BCUT2D eigenvalue weighted by atomic mass is 10.00. The van der Waals surface area contributed by atoms with E-state index in [1.165, 1.54) is 12.1 Å². The van der Waals surface area contributed by atoms with E-state index in [1.807, 2.05) is 19.2 Å². The van der Waals surface area contributed by atoms with Crippen LogP contribution in [0.4, 0.5) is 4.39 Å². The third-order valence-corrected chi connectivity index (χ3v) is 2.80. The second-order valence-electron chi connectivity index (χ2n) is 3.88. The van der Waals surface area contributed by atoms with Crippen LogP contribution in [0.2, 0.25) is 0 Å². The lowest BCUT2D eigenvalue weighted by Gasteiger charge is -2.18. The Morgan fingerprint density at radius 1 is 1.22 bits per heavy atom. The Hall–Kier alpha value is -1.94. The summed E-state index contributed by atoms with van der Waals surface area (Å²) in [5.41, 5.74) is 1.89. The van der Waals surface area contributed by atoms with Crippen LogP contribution in [0.15, 0.2) is 42.6 Å². The minimum absolute atomic E-state index is 0.0748. The Morgan fingerprint density at radius 2 is 1.94 bits per heavy atom. The molecule has 0 spiro atoms. The van der Waals surface area contributed by atoms with Crippen molar-refractivity contribution in [2.45, 2.75) is 6.04 Å². The number of ether oxygens (including phenoxy) is 1. The highest BCUT2D eigenvalue weighted by atomic mass is 19.1. The summed E-state index contributed by atoms with van der Waals surface area (Å²) in [4.78, 5) is 4.17. The fraction of sp³-hybridized carbons (Fsp3) is 0.214. The monoisotopic (exact) mass is 246 g/mol. The lowest BCUT2D eigenvalue weighted by Crippen LogP contribution is -2.18. The van der Waals surface area contributed by atoms with Crippen LogP contribution in [0.1, 0.15) is 17.2 Å². The Morgan fingerprint density at radius 3 is 2.56 bits per heavy atom. The predicted octanol–water partition coefficient (Wildman–Crippen LogP) is 2.54. The number of nitrogens with zero attached hydrogens (tertiary/aromatic N) is 1. The minimum atomic E-state index is -0.244. The molecule has 0 aliphatic carbocycles. The van der Waals surface area contributed by atoms with Gasteiger partial charge in [-0.15, -0.1) is 0 Å². The molecule has 0 amide bonds. The van der Waals surface area contributed by atoms with Crippen LogP contribution >= 0.6 is 0 Å². The van der Waals surface area contributed by atoms with Crippen LogP contribution in [0.5, 0.6) is 5.88 Å². The normalized spacial score (nSPS) is 12.2. The average Bonchev–Trinajstić information content (AvgIpc) is 2.42.